The van der Waals surface area contributed by atoms with Gasteiger partial charge in [0.1, 0.15) is 0 Å². The lowest BCUT2D eigenvalue weighted by atomic mass is 10.0. The summed E-state index contributed by atoms with van der Waals surface area (Å²) in [6, 6.07) is 10.0. The van der Waals surface area contributed by atoms with E-state index in [2.05, 4.69) is 5.32 Å². The van der Waals surface area contributed by atoms with Gasteiger partial charge in [-0.1, -0.05) is 30.3 Å². The number of alkyl halides is 1. The molecule has 0 spiro atoms. The molecule has 1 atom stereocenters. The molecule has 1 amide bonds. The van der Waals surface area contributed by atoms with Crippen molar-refractivity contribution in [1.82, 2.24) is 5.32 Å². The van der Waals surface area contributed by atoms with Crippen LogP contribution in [0.3, 0.4) is 0 Å². The quantitative estimate of drug-likeness (QED) is 0.803. The first-order valence-electron chi connectivity index (χ1n) is 5.91. The summed E-state index contributed by atoms with van der Waals surface area (Å²) in [5, 5.41) is 2.86. The zero-order chi connectivity index (χ0) is 12.9. The Kier molecular flexibility index (Phi) is 5.01. The van der Waals surface area contributed by atoms with E-state index in [-0.39, 0.29) is 16.8 Å². The molecule has 0 aliphatic carbocycles. The van der Waals surface area contributed by atoms with Crippen molar-refractivity contribution in [3.8, 4) is 0 Å². The summed E-state index contributed by atoms with van der Waals surface area (Å²) in [5.74, 6) is 0.0475. The highest BCUT2D eigenvalue weighted by Gasteiger charge is 2.25. The molecule has 0 saturated heterocycles. The highest BCUT2D eigenvalue weighted by molar-refractivity contribution is 6.21. The molecule has 2 nitrogen and oxygen atoms in total. The number of halogens is 1. The molecule has 0 heterocycles. The Bertz CT molecular complexity index is 360. The third-order valence-corrected chi connectivity index (χ3v) is 3.49. The molecule has 1 aromatic carbocycles. The summed E-state index contributed by atoms with van der Waals surface area (Å²) in [5.41, 5.74) is 0.814. The molecule has 0 aliphatic rings. The number of nitrogens with one attached hydrogen (secondary N) is 1. The summed E-state index contributed by atoms with van der Waals surface area (Å²) in [4.78, 5) is 11.8. The Hall–Kier alpha value is -1.02. The SMILES string of the molecule is CC(Cl)C(C)(C)NC(=O)CCc1ccccc1. The van der Waals surface area contributed by atoms with E-state index in [1.165, 1.54) is 5.56 Å². The first-order chi connectivity index (χ1) is 7.92. The van der Waals surface area contributed by atoms with Crippen LogP contribution in [-0.4, -0.2) is 16.8 Å². The van der Waals surface area contributed by atoms with Crippen molar-refractivity contribution in [2.45, 2.75) is 44.5 Å². The molecule has 1 aromatic rings. The Labute approximate surface area is 108 Å². The van der Waals surface area contributed by atoms with Crippen molar-refractivity contribution in [1.29, 1.82) is 0 Å². The highest BCUT2D eigenvalue weighted by atomic mass is 35.5. The minimum absolute atomic E-state index is 0.0475. The third kappa shape index (κ3) is 4.78. The fourth-order valence-electron chi connectivity index (χ4n) is 1.42. The van der Waals surface area contributed by atoms with Gasteiger partial charge in [0.25, 0.3) is 0 Å². The van der Waals surface area contributed by atoms with Gasteiger partial charge in [0, 0.05) is 6.42 Å². The first kappa shape index (κ1) is 14.0. The monoisotopic (exact) mass is 253 g/mol. The average molecular weight is 254 g/mol. The first-order valence-corrected chi connectivity index (χ1v) is 6.34. The Balaban J connectivity index is 2.41. The predicted octanol–water partition coefficient (Wildman–Crippen LogP) is 3.14. The van der Waals surface area contributed by atoms with Crippen LogP contribution in [0.15, 0.2) is 30.3 Å². The van der Waals surface area contributed by atoms with Gasteiger partial charge in [-0.15, -0.1) is 11.6 Å². The van der Waals surface area contributed by atoms with E-state index in [4.69, 9.17) is 11.6 Å². The van der Waals surface area contributed by atoms with E-state index in [9.17, 15) is 4.79 Å². The van der Waals surface area contributed by atoms with Gasteiger partial charge in [-0.3, -0.25) is 4.79 Å². The lowest BCUT2D eigenvalue weighted by Crippen LogP contribution is -2.49. The highest BCUT2D eigenvalue weighted by Crippen LogP contribution is 2.15. The summed E-state index contributed by atoms with van der Waals surface area (Å²) >= 11 is 6.02. The number of aryl methyl sites for hydroxylation is 1. The molecule has 1 rings (SSSR count). The van der Waals surface area contributed by atoms with Crippen molar-refractivity contribution < 1.29 is 4.79 Å². The Morgan fingerprint density at radius 2 is 1.94 bits per heavy atom. The van der Waals surface area contributed by atoms with Gasteiger partial charge in [0.2, 0.25) is 5.91 Å². The number of carbonyl (C=O) groups is 1. The lowest BCUT2D eigenvalue weighted by molar-refractivity contribution is -0.122. The van der Waals surface area contributed by atoms with Crippen LogP contribution in [0.25, 0.3) is 0 Å². The standard InChI is InChI=1S/C14H20ClNO/c1-11(15)14(2,3)16-13(17)10-9-12-7-5-4-6-8-12/h4-8,11H,9-10H2,1-3H3,(H,16,17). The summed E-state index contributed by atoms with van der Waals surface area (Å²) in [6.07, 6.45) is 1.26. The van der Waals surface area contributed by atoms with Crippen LogP contribution >= 0.6 is 11.6 Å². The van der Waals surface area contributed by atoms with Gasteiger partial charge >= 0.3 is 0 Å². The van der Waals surface area contributed by atoms with Crippen LogP contribution in [-0.2, 0) is 11.2 Å². The zero-order valence-electron chi connectivity index (χ0n) is 10.7. The number of amides is 1. The van der Waals surface area contributed by atoms with Crippen LogP contribution in [0.2, 0.25) is 0 Å². The van der Waals surface area contributed by atoms with Crippen LogP contribution in [0, 0.1) is 0 Å². The van der Waals surface area contributed by atoms with Crippen LogP contribution in [0.4, 0.5) is 0 Å². The van der Waals surface area contributed by atoms with Gasteiger partial charge in [0.15, 0.2) is 0 Å². The number of carbonyl (C=O) groups excluding carboxylic acids is 1. The number of benzene rings is 1. The van der Waals surface area contributed by atoms with Crippen molar-refractivity contribution in [3.63, 3.8) is 0 Å². The average Bonchev–Trinajstić information content (AvgIpc) is 2.27. The van der Waals surface area contributed by atoms with Crippen molar-refractivity contribution in [2.24, 2.45) is 0 Å². The number of hydrogen-bond donors (Lipinski definition) is 1. The molecule has 0 saturated carbocycles. The van der Waals surface area contributed by atoms with E-state index >= 15 is 0 Å². The molecule has 0 fully saturated rings. The maximum Gasteiger partial charge on any atom is 0.220 e. The normalized spacial score (nSPS) is 13.2. The largest absolute Gasteiger partial charge is 0.350 e. The smallest absolute Gasteiger partial charge is 0.220 e. The van der Waals surface area contributed by atoms with E-state index in [0.717, 1.165) is 6.42 Å². The van der Waals surface area contributed by atoms with Crippen molar-refractivity contribution in [2.75, 3.05) is 0 Å². The predicted molar refractivity (Wildman–Crippen MR) is 72.3 cm³/mol. The molecule has 0 radical (unpaired) electrons. The Morgan fingerprint density at radius 3 is 2.47 bits per heavy atom. The van der Waals surface area contributed by atoms with Crippen LogP contribution in [0.1, 0.15) is 32.8 Å². The second kappa shape index (κ2) is 6.06. The molecule has 0 bridgehead atoms. The van der Waals surface area contributed by atoms with Crippen molar-refractivity contribution in [3.05, 3.63) is 35.9 Å². The van der Waals surface area contributed by atoms with E-state index in [0.29, 0.717) is 6.42 Å². The second-order valence-corrected chi connectivity index (χ2v) is 5.53. The van der Waals surface area contributed by atoms with Gasteiger partial charge in [-0.25, -0.2) is 0 Å². The lowest BCUT2D eigenvalue weighted by Gasteiger charge is -2.29. The van der Waals surface area contributed by atoms with E-state index < -0.39 is 0 Å². The fraction of sp³-hybridized carbons (Fsp3) is 0.500. The van der Waals surface area contributed by atoms with Gasteiger partial charge in [-0.2, -0.15) is 0 Å². The zero-order valence-corrected chi connectivity index (χ0v) is 11.4. The maximum atomic E-state index is 11.8. The summed E-state index contributed by atoms with van der Waals surface area (Å²) in [6.45, 7) is 5.76. The minimum Gasteiger partial charge on any atom is -0.350 e. The molecule has 0 aromatic heterocycles. The topological polar surface area (TPSA) is 29.1 Å². The molecule has 1 unspecified atom stereocenters. The minimum atomic E-state index is -0.366. The van der Waals surface area contributed by atoms with Crippen LogP contribution < -0.4 is 5.32 Å². The number of hydrogen-bond acceptors (Lipinski definition) is 1. The van der Waals surface area contributed by atoms with Crippen LogP contribution in [0.5, 0.6) is 0 Å². The number of rotatable bonds is 5. The third-order valence-electron chi connectivity index (χ3n) is 2.94. The molecular formula is C14H20ClNO. The molecule has 0 aliphatic heterocycles. The molecular weight excluding hydrogens is 234 g/mol. The van der Waals surface area contributed by atoms with Gasteiger partial charge < -0.3 is 5.32 Å². The summed E-state index contributed by atoms with van der Waals surface area (Å²) in [7, 11) is 0. The molecule has 17 heavy (non-hydrogen) atoms. The van der Waals surface area contributed by atoms with Gasteiger partial charge in [-0.05, 0) is 32.8 Å². The summed E-state index contributed by atoms with van der Waals surface area (Å²) < 4.78 is 0. The maximum absolute atomic E-state index is 11.8. The molecule has 3 heteroatoms. The second-order valence-electron chi connectivity index (χ2n) is 4.87. The Morgan fingerprint density at radius 1 is 1.35 bits per heavy atom. The fourth-order valence-corrected chi connectivity index (χ4v) is 1.48. The molecule has 94 valence electrons. The van der Waals surface area contributed by atoms with Crippen molar-refractivity contribution >= 4 is 17.5 Å². The molecule has 1 N–H and O–H groups in total. The van der Waals surface area contributed by atoms with E-state index in [1.54, 1.807) is 0 Å². The van der Waals surface area contributed by atoms with Gasteiger partial charge in [0.05, 0.1) is 10.9 Å². The van der Waals surface area contributed by atoms with E-state index in [1.807, 2.05) is 51.1 Å².